The molecule has 1 aromatic carbocycles. The number of anilines is 2. The van der Waals surface area contributed by atoms with Gasteiger partial charge in [-0.3, -0.25) is 24.2 Å². The molecule has 42 heavy (non-hydrogen) atoms. The first-order chi connectivity index (χ1) is 20.2. The van der Waals surface area contributed by atoms with Gasteiger partial charge in [0.15, 0.2) is 5.13 Å². The molecule has 2 fully saturated rings. The monoisotopic (exact) mass is 601 g/mol. The minimum Gasteiger partial charge on any atom is -0.387 e. The van der Waals surface area contributed by atoms with E-state index in [2.05, 4.69) is 36.1 Å². The van der Waals surface area contributed by atoms with Gasteiger partial charge in [-0.25, -0.2) is 9.37 Å². The summed E-state index contributed by atoms with van der Waals surface area (Å²) in [5.41, 5.74) is 0.658. The Labute approximate surface area is 251 Å². The van der Waals surface area contributed by atoms with Crippen molar-refractivity contribution in [3.63, 3.8) is 0 Å². The highest BCUT2D eigenvalue weighted by Gasteiger charge is 2.28. The summed E-state index contributed by atoms with van der Waals surface area (Å²) in [6.07, 6.45) is 7.80. The van der Waals surface area contributed by atoms with E-state index in [1.165, 1.54) is 36.0 Å². The third kappa shape index (κ3) is 9.47. The predicted octanol–water partition coefficient (Wildman–Crippen LogP) is 3.67. The molecule has 4 N–H and O–H groups in total. The second-order valence-corrected chi connectivity index (χ2v) is 12.7. The largest absolute Gasteiger partial charge is 0.387 e. The van der Waals surface area contributed by atoms with Crippen LogP contribution in [0.3, 0.4) is 0 Å². The van der Waals surface area contributed by atoms with Gasteiger partial charge in [0, 0.05) is 62.6 Å². The van der Waals surface area contributed by atoms with Crippen LogP contribution in [0.25, 0.3) is 0 Å². The number of thiazole rings is 1. The zero-order chi connectivity index (χ0) is 30.1. The molecule has 1 atom stereocenters. The zero-order valence-electron chi connectivity index (χ0n) is 24.9. The van der Waals surface area contributed by atoms with E-state index in [1.54, 1.807) is 13.2 Å². The maximum Gasteiger partial charge on any atom is 0.254 e. The predicted molar refractivity (Wildman–Crippen MR) is 164 cm³/mol. The van der Waals surface area contributed by atoms with Gasteiger partial charge >= 0.3 is 0 Å². The number of amides is 3. The standard InChI is InChI=1S/C30H44FN7O3S/c1-20(2)34-27(39)19-38-13-11-37(12-14-38)18-23-17-33-30(42-23)36-29(41)26(15-21-7-5-4-6-8-21)35-28(40)24-16-22(31)9-10-25(24)32-3/h9-10,16-17,20-21,26,32H,4-8,11-15,18-19H2,1-3H3,(H,34,39)(H,35,40)(H,33,36,41). The Balaban J connectivity index is 1.34. The van der Waals surface area contributed by atoms with Gasteiger partial charge in [0.1, 0.15) is 11.9 Å². The van der Waals surface area contributed by atoms with Gasteiger partial charge in [0.25, 0.3) is 5.91 Å². The summed E-state index contributed by atoms with van der Waals surface area (Å²) in [7, 11) is 1.67. The van der Waals surface area contributed by atoms with Crippen molar-refractivity contribution in [2.24, 2.45) is 5.92 Å². The summed E-state index contributed by atoms with van der Waals surface area (Å²) in [4.78, 5) is 48.7. The number of benzene rings is 1. The number of carbonyl (C=O) groups is 3. The van der Waals surface area contributed by atoms with Gasteiger partial charge in [-0.15, -0.1) is 11.3 Å². The van der Waals surface area contributed by atoms with Crippen LogP contribution in [0.5, 0.6) is 0 Å². The van der Waals surface area contributed by atoms with Crippen molar-refractivity contribution in [1.29, 1.82) is 0 Å². The number of rotatable bonds is 12. The van der Waals surface area contributed by atoms with E-state index < -0.39 is 17.8 Å². The minimum absolute atomic E-state index is 0.0534. The Morgan fingerprint density at radius 1 is 1.05 bits per heavy atom. The molecule has 1 saturated carbocycles. The maximum absolute atomic E-state index is 14.0. The molecule has 0 radical (unpaired) electrons. The van der Waals surface area contributed by atoms with Crippen LogP contribution >= 0.6 is 11.3 Å². The molecule has 1 unspecified atom stereocenters. The summed E-state index contributed by atoms with van der Waals surface area (Å²) in [5, 5.41) is 12.2. The van der Waals surface area contributed by atoms with Crippen molar-refractivity contribution in [1.82, 2.24) is 25.4 Å². The molecule has 2 heterocycles. The SMILES string of the molecule is CNc1ccc(F)cc1C(=O)NC(CC1CCCCC1)C(=O)Nc1ncc(CN2CCN(CC(=O)NC(C)C)CC2)s1. The molecule has 1 aliphatic carbocycles. The number of nitrogens with one attached hydrogen (secondary N) is 4. The van der Waals surface area contributed by atoms with E-state index in [1.807, 2.05) is 13.8 Å². The van der Waals surface area contributed by atoms with Gasteiger partial charge < -0.3 is 21.3 Å². The fourth-order valence-electron chi connectivity index (χ4n) is 5.67. The fraction of sp³-hybridized carbons (Fsp3) is 0.600. The van der Waals surface area contributed by atoms with Crippen molar-refractivity contribution in [2.45, 2.75) is 71.0 Å². The van der Waals surface area contributed by atoms with Crippen LogP contribution < -0.4 is 21.3 Å². The smallest absolute Gasteiger partial charge is 0.254 e. The lowest BCUT2D eigenvalue weighted by molar-refractivity contribution is -0.123. The Morgan fingerprint density at radius 3 is 2.45 bits per heavy atom. The van der Waals surface area contributed by atoms with Crippen molar-refractivity contribution in [3.05, 3.63) is 40.7 Å². The third-order valence-corrected chi connectivity index (χ3v) is 8.75. The first kappa shape index (κ1) is 31.8. The molecule has 2 aliphatic rings. The molecular formula is C30H44FN7O3S. The van der Waals surface area contributed by atoms with E-state index in [-0.39, 0.29) is 23.4 Å². The van der Waals surface area contributed by atoms with Crippen LogP contribution in [-0.4, -0.2) is 84.4 Å². The lowest BCUT2D eigenvalue weighted by Gasteiger charge is -2.34. The average Bonchev–Trinajstić information content (AvgIpc) is 3.40. The highest BCUT2D eigenvalue weighted by atomic mass is 32.1. The second-order valence-electron chi connectivity index (χ2n) is 11.6. The quantitative estimate of drug-likeness (QED) is 0.293. The Bertz CT molecular complexity index is 1210. The van der Waals surface area contributed by atoms with Gasteiger partial charge in [-0.2, -0.15) is 0 Å². The van der Waals surface area contributed by atoms with E-state index in [9.17, 15) is 18.8 Å². The molecular weight excluding hydrogens is 557 g/mol. The van der Waals surface area contributed by atoms with Gasteiger partial charge in [0.05, 0.1) is 12.1 Å². The van der Waals surface area contributed by atoms with E-state index in [0.717, 1.165) is 56.7 Å². The number of halogens is 1. The molecule has 3 amide bonds. The van der Waals surface area contributed by atoms with Crippen molar-refractivity contribution >= 4 is 39.9 Å². The summed E-state index contributed by atoms with van der Waals surface area (Å²) >= 11 is 1.43. The molecule has 12 heteroatoms. The first-order valence-corrected chi connectivity index (χ1v) is 15.8. The van der Waals surface area contributed by atoms with Gasteiger partial charge in [-0.05, 0) is 44.4 Å². The van der Waals surface area contributed by atoms with Crippen LogP contribution in [-0.2, 0) is 16.1 Å². The molecule has 1 saturated heterocycles. The third-order valence-electron chi connectivity index (χ3n) is 7.86. The molecule has 1 aliphatic heterocycles. The van der Waals surface area contributed by atoms with E-state index in [0.29, 0.717) is 36.2 Å². The van der Waals surface area contributed by atoms with Crippen LogP contribution in [0.1, 0.15) is 67.6 Å². The highest BCUT2D eigenvalue weighted by Crippen LogP contribution is 2.28. The number of aromatic nitrogens is 1. The first-order valence-electron chi connectivity index (χ1n) is 15.0. The minimum atomic E-state index is -0.762. The lowest BCUT2D eigenvalue weighted by atomic mass is 9.84. The number of nitrogens with zero attached hydrogens (tertiary/aromatic N) is 3. The van der Waals surface area contributed by atoms with Gasteiger partial charge in [0.2, 0.25) is 11.8 Å². The van der Waals surface area contributed by atoms with Gasteiger partial charge in [-0.1, -0.05) is 32.1 Å². The Morgan fingerprint density at radius 2 is 1.76 bits per heavy atom. The Kier molecular flexibility index (Phi) is 11.7. The van der Waals surface area contributed by atoms with Crippen molar-refractivity contribution in [3.8, 4) is 0 Å². The highest BCUT2D eigenvalue weighted by molar-refractivity contribution is 7.15. The van der Waals surface area contributed by atoms with Crippen LogP contribution in [0.4, 0.5) is 15.2 Å². The molecule has 230 valence electrons. The van der Waals surface area contributed by atoms with E-state index >= 15 is 0 Å². The molecule has 4 rings (SSSR count). The van der Waals surface area contributed by atoms with E-state index in [4.69, 9.17) is 0 Å². The van der Waals surface area contributed by atoms with Crippen LogP contribution in [0.15, 0.2) is 24.4 Å². The molecule has 2 aromatic rings. The van der Waals surface area contributed by atoms with Crippen molar-refractivity contribution < 1.29 is 18.8 Å². The topological polar surface area (TPSA) is 119 Å². The number of hydrogen-bond acceptors (Lipinski definition) is 8. The fourth-order valence-corrected chi connectivity index (χ4v) is 6.53. The van der Waals surface area contributed by atoms with Crippen LogP contribution in [0.2, 0.25) is 0 Å². The zero-order valence-corrected chi connectivity index (χ0v) is 25.7. The number of hydrogen-bond donors (Lipinski definition) is 4. The Hall–Kier alpha value is -3.09. The molecule has 0 bridgehead atoms. The number of piperazine rings is 1. The summed E-state index contributed by atoms with van der Waals surface area (Å²) in [5.74, 6) is -0.924. The normalized spacial score (nSPS) is 17.5. The number of carbonyl (C=O) groups excluding carboxylic acids is 3. The summed E-state index contributed by atoms with van der Waals surface area (Å²) in [6, 6.07) is 3.37. The molecule has 0 spiro atoms. The molecule has 1 aromatic heterocycles. The maximum atomic E-state index is 14.0. The summed E-state index contributed by atoms with van der Waals surface area (Å²) < 4.78 is 14.0. The summed E-state index contributed by atoms with van der Waals surface area (Å²) in [6.45, 7) is 8.37. The molecule has 10 nitrogen and oxygen atoms in total. The average molecular weight is 602 g/mol. The van der Waals surface area contributed by atoms with Crippen LogP contribution in [0, 0.1) is 11.7 Å². The van der Waals surface area contributed by atoms with Crippen molar-refractivity contribution in [2.75, 3.05) is 50.4 Å². The lowest BCUT2D eigenvalue weighted by Crippen LogP contribution is -2.49. The second kappa shape index (κ2) is 15.4.